The van der Waals surface area contributed by atoms with E-state index in [1.165, 1.54) is 7.11 Å². The highest BCUT2D eigenvalue weighted by Gasteiger charge is 2.45. The number of allylic oxidation sites excluding steroid dienone is 2. The summed E-state index contributed by atoms with van der Waals surface area (Å²) in [5.41, 5.74) is 1.99. The van der Waals surface area contributed by atoms with Crippen LogP contribution in [0.4, 0.5) is 0 Å². The number of hydrogen-bond acceptors (Lipinski definition) is 5. The Labute approximate surface area is 152 Å². The van der Waals surface area contributed by atoms with E-state index < -0.39 is 11.9 Å². The third-order valence-electron chi connectivity index (χ3n) is 5.02. The minimum absolute atomic E-state index is 0.118. The molecular formula is C20H23NO5. The van der Waals surface area contributed by atoms with Crippen LogP contribution in [-0.2, 0) is 19.1 Å². The Balaban J connectivity index is 2.04. The first-order chi connectivity index (χ1) is 12.5. The van der Waals surface area contributed by atoms with E-state index in [4.69, 9.17) is 9.47 Å². The Kier molecular flexibility index (Phi) is 5.11. The third kappa shape index (κ3) is 3.23. The molecule has 1 N–H and O–H groups in total. The summed E-state index contributed by atoms with van der Waals surface area (Å²) in [5, 5.41) is 2.83. The van der Waals surface area contributed by atoms with Crippen molar-refractivity contribution in [1.82, 2.24) is 5.32 Å². The summed E-state index contributed by atoms with van der Waals surface area (Å²) in [4.78, 5) is 37.5. The van der Waals surface area contributed by atoms with E-state index in [0.717, 1.165) is 5.56 Å². The smallest absolute Gasteiger partial charge is 0.316 e. The number of carbonyl (C=O) groups excluding carboxylic acids is 3. The van der Waals surface area contributed by atoms with Gasteiger partial charge in [-0.05, 0) is 37.0 Å². The summed E-state index contributed by atoms with van der Waals surface area (Å²) in [6.07, 6.45) is 0.636. The summed E-state index contributed by atoms with van der Waals surface area (Å²) in [6, 6.07) is 7.43. The highest BCUT2D eigenvalue weighted by molar-refractivity contribution is 6.11. The molecule has 26 heavy (non-hydrogen) atoms. The zero-order chi connectivity index (χ0) is 18.8. The molecule has 3 rings (SSSR count). The van der Waals surface area contributed by atoms with Gasteiger partial charge in [-0.15, -0.1) is 0 Å². The van der Waals surface area contributed by atoms with Crippen LogP contribution in [-0.4, -0.2) is 31.4 Å². The number of hydrogen-bond donors (Lipinski definition) is 1. The number of esters is 1. The van der Waals surface area contributed by atoms with Gasteiger partial charge in [-0.25, -0.2) is 0 Å². The number of methoxy groups -OCH3 is 1. The molecule has 3 atom stereocenters. The highest BCUT2D eigenvalue weighted by atomic mass is 16.5. The lowest BCUT2D eigenvalue weighted by atomic mass is 9.70. The average molecular weight is 357 g/mol. The molecule has 6 heteroatoms. The van der Waals surface area contributed by atoms with Gasteiger partial charge in [0.05, 0.1) is 13.7 Å². The van der Waals surface area contributed by atoms with E-state index in [1.807, 2.05) is 38.1 Å². The van der Waals surface area contributed by atoms with Crippen molar-refractivity contribution < 1.29 is 23.9 Å². The molecule has 6 nitrogen and oxygen atoms in total. The lowest BCUT2D eigenvalue weighted by molar-refractivity contribution is -0.151. The minimum Gasteiger partial charge on any atom is -0.494 e. The van der Waals surface area contributed by atoms with Crippen LogP contribution >= 0.6 is 0 Å². The molecule has 0 unspecified atom stereocenters. The summed E-state index contributed by atoms with van der Waals surface area (Å²) in [7, 11) is 1.29. The molecule has 0 aromatic heterocycles. The maximum atomic E-state index is 13.1. The van der Waals surface area contributed by atoms with Crippen LogP contribution < -0.4 is 10.1 Å². The number of benzene rings is 1. The van der Waals surface area contributed by atoms with Gasteiger partial charge in [0.25, 0.3) is 0 Å². The molecule has 2 aliphatic rings. The minimum atomic E-state index is -0.827. The summed E-state index contributed by atoms with van der Waals surface area (Å²) < 4.78 is 10.4. The predicted octanol–water partition coefficient (Wildman–Crippen LogP) is 2.34. The fraction of sp³-hybridized carbons (Fsp3) is 0.450. The van der Waals surface area contributed by atoms with Crippen molar-refractivity contribution in [1.29, 1.82) is 0 Å². The predicted molar refractivity (Wildman–Crippen MR) is 94.4 cm³/mol. The molecule has 1 aromatic carbocycles. The number of ether oxygens (including phenoxy) is 2. The highest BCUT2D eigenvalue weighted by Crippen LogP contribution is 2.42. The number of Topliss-reactive ketones (excluding diaryl/α,β-unsaturated/α-hetero) is 1. The Bertz CT molecular complexity index is 782. The fourth-order valence-corrected chi connectivity index (χ4v) is 3.87. The topological polar surface area (TPSA) is 81.7 Å². The second-order valence-electron chi connectivity index (χ2n) is 6.75. The molecule has 0 saturated heterocycles. The maximum absolute atomic E-state index is 13.1. The van der Waals surface area contributed by atoms with E-state index in [2.05, 4.69) is 5.32 Å². The van der Waals surface area contributed by atoms with E-state index in [0.29, 0.717) is 30.0 Å². The zero-order valence-corrected chi connectivity index (χ0v) is 15.2. The van der Waals surface area contributed by atoms with Crippen molar-refractivity contribution in [2.75, 3.05) is 13.7 Å². The number of rotatable bonds is 4. The summed E-state index contributed by atoms with van der Waals surface area (Å²) >= 11 is 0. The Morgan fingerprint density at radius 2 is 2.04 bits per heavy atom. The van der Waals surface area contributed by atoms with Crippen LogP contribution in [0.15, 0.2) is 35.5 Å². The first-order valence-corrected chi connectivity index (χ1v) is 8.84. The Hall–Kier alpha value is -2.63. The van der Waals surface area contributed by atoms with Crippen molar-refractivity contribution in [2.45, 2.75) is 32.6 Å². The second-order valence-corrected chi connectivity index (χ2v) is 6.75. The summed E-state index contributed by atoms with van der Waals surface area (Å²) in [6.45, 7) is 4.26. The molecule has 0 radical (unpaired) electrons. The normalized spacial score (nSPS) is 25.4. The Morgan fingerprint density at radius 3 is 2.73 bits per heavy atom. The summed E-state index contributed by atoms with van der Waals surface area (Å²) in [5.74, 6) is -1.63. The maximum Gasteiger partial charge on any atom is 0.316 e. The average Bonchev–Trinajstić information content (AvgIpc) is 2.61. The Morgan fingerprint density at radius 1 is 1.27 bits per heavy atom. The number of ketones is 1. The van der Waals surface area contributed by atoms with E-state index in [-0.39, 0.29) is 29.9 Å². The first kappa shape index (κ1) is 18.2. The van der Waals surface area contributed by atoms with Crippen molar-refractivity contribution >= 4 is 17.7 Å². The standard InChI is InChI=1S/C20H23NO5/c1-4-26-13-7-5-6-12(9-13)14-10-16(22)21-15-8-11(2)17(20(24)25-3)19(23)18(14)15/h5-7,9,11,14,17H,4,8,10H2,1-3H3,(H,21,22)/t11-,14+,17+/m1/s1. The van der Waals surface area contributed by atoms with Gasteiger partial charge in [0.1, 0.15) is 11.7 Å². The van der Waals surface area contributed by atoms with Crippen LogP contribution in [0, 0.1) is 11.8 Å². The van der Waals surface area contributed by atoms with Crippen molar-refractivity contribution in [3.8, 4) is 5.75 Å². The van der Waals surface area contributed by atoms with Crippen molar-refractivity contribution in [3.05, 3.63) is 41.1 Å². The molecule has 0 spiro atoms. The quantitative estimate of drug-likeness (QED) is 0.661. The molecule has 138 valence electrons. The van der Waals surface area contributed by atoms with E-state index in [9.17, 15) is 14.4 Å². The molecule has 1 aromatic rings. The van der Waals surface area contributed by atoms with Gasteiger partial charge < -0.3 is 14.8 Å². The van der Waals surface area contributed by atoms with Gasteiger partial charge in [-0.3, -0.25) is 14.4 Å². The molecule has 1 aliphatic carbocycles. The number of nitrogens with one attached hydrogen (secondary N) is 1. The van der Waals surface area contributed by atoms with Crippen molar-refractivity contribution in [3.63, 3.8) is 0 Å². The second kappa shape index (κ2) is 7.32. The molecular weight excluding hydrogens is 334 g/mol. The zero-order valence-electron chi connectivity index (χ0n) is 15.2. The van der Waals surface area contributed by atoms with Gasteiger partial charge >= 0.3 is 5.97 Å². The van der Waals surface area contributed by atoms with Crippen LogP contribution in [0.1, 0.15) is 38.2 Å². The third-order valence-corrected chi connectivity index (χ3v) is 5.02. The monoisotopic (exact) mass is 357 g/mol. The van der Waals surface area contributed by atoms with Gasteiger partial charge in [-0.1, -0.05) is 19.1 Å². The van der Waals surface area contributed by atoms with Gasteiger partial charge in [-0.2, -0.15) is 0 Å². The number of carbonyl (C=O) groups is 3. The SMILES string of the molecule is CCOc1cccc([C@@H]2CC(=O)NC3=C2C(=O)[C@@H](C(=O)OC)[C@H](C)C3)c1. The largest absolute Gasteiger partial charge is 0.494 e. The van der Waals surface area contributed by atoms with Crippen LogP contribution in [0.5, 0.6) is 5.75 Å². The van der Waals surface area contributed by atoms with E-state index in [1.54, 1.807) is 0 Å². The molecule has 1 heterocycles. The van der Waals surface area contributed by atoms with Crippen LogP contribution in [0.25, 0.3) is 0 Å². The molecule has 1 amide bonds. The first-order valence-electron chi connectivity index (χ1n) is 8.84. The molecule has 0 bridgehead atoms. The molecule has 0 saturated carbocycles. The lowest BCUT2D eigenvalue weighted by Gasteiger charge is -2.36. The van der Waals surface area contributed by atoms with Crippen LogP contribution in [0.3, 0.4) is 0 Å². The van der Waals surface area contributed by atoms with Gasteiger partial charge in [0, 0.05) is 23.6 Å². The molecule has 0 fully saturated rings. The fourth-order valence-electron chi connectivity index (χ4n) is 3.87. The number of amides is 1. The van der Waals surface area contributed by atoms with Crippen LogP contribution in [0.2, 0.25) is 0 Å². The van der Waals surface area contributed by atoms with Crippen molar-refractivity contribution in [2.24, 2.45) is 11.8 Å². The van der Waals surface area contributed by atoms with Gasteiger partial charge in [0.15, 0.2) is 5.78 Å². The molecule has 1 aliphatic heterocycles. The van der Waals surface area contributed by atoms with E-state index >= 15 is 0 Å². The lowest BCUT2D eigenvalue weighted by Crippen LogP contribution is -2.44. The van der Waals surface area contributed by atoms with Gasteiger partial charge in [0.2, 0.25) is 5.91 Å².